The van der Waals surface area contributed by atoms with E-state index in [-0.39, 0.29) is 66.1 Å². The van der Waals surface area contributed by atoms with Crippen molar-refractivity contribution in [3.63, 3.8) is 0 Å². The van der Waals surface area contributed by atoms with Crippen molar-refractivity contribution in [2.24, 2.45) is 34.5 Å². The van der Waals surface area contributed by atoms with Gasteiger partial charge in [0, 0.05) is 70.0 Å². The number of hydrogen-bond donors (Lipinski definition) is 2. The Kier molecular flexibility index (Phi) is 8.12. The molecule has 3 aromatic rings. The highest BCUT2D eigenvalue weighted by Gasteiger charge is 2.91. The van der Waals surface area contributed by atoms with Crippen molar-refractivity contribution in [3.8, 4) is 5.69 Å². The molecule has 2 N–H and O–H groups in total. The molecule has 1 aliphatic heterocycles. The molecular weight excluding hydrogens is 678 g/mol. The quantitative estimate of drug-likeness (QED) is 0.314. The van der Waals surface area contributed by atoms with Crippen LogP contribution in [-0.4, -0.2) is 120 Å². The van der Waals surface area contributed by atoms with E-state index in [4.69, 9.17) is 23.7 Å². The Hall–Kier alpha value is -3.23. The van der Waals surface area contributed by atoms with Gasteiger partial charge in [0.1, 0.15) is 17.0 Å². The Labute approximate surface area is 309 Å². The molecule has 2 aromatic carbocycles. The van der Waals surface area contributed by atoms with Crippen molar-refractivity contribution in [2.45, 2.75) is 81.2 Å². The molecule has 0 unspecified atom stereocenters. The standard InChI is InChI=1S/C41H51N3O9/c1-7-43-20-38(21-53-36(46)24-13-9-11-15-28(24)44-22(2)42-27-14-10-8-12-23(27)35(44)45)17-16-30(50-4)40-26-18-25-29(49-3)19-39(47,31(26)32(25)51-5)41(48,37(40)43)34(52-6)33(38)40/h8-15,25-26,29-34,37,47-48H,7,16-21H2,1-6H3/t25-,26-,29+,30+,31-,32+,33-,34+,37+,38+,39-,40+,41+/m1/s1. The second-order valence-corrected chi connectivity index (χ2v) is 16.6. The maximum absolute atomic E-state index is 14.4. The fourth-order valence-corrected chi connectivity index (χ4v) is 13.6. The van der Waals surface area contributed by atoms with Gasteiger partial charge in [0.25, 0.3) is 5.56 Å². The molecule has 13 atom stereocenters. The molecule has 0 radical (unpaired) electrons. The number of piperidine rings is 1. The fourth-order valence-electron chi connectivity index (χ4n) is 13.6. The van der Waals surface area contributed by atoms with Crippen LogP contribution in [0.25, 0.3) is 16.6 Å². The summed E-state index contributed by atoms with van der Waals surface area (Å²) in [6.45, 7) is 5.08. The van der Waals surface area contributed by atoms with Crippen LogP contribution in [0.2, 0.25) is 0 Å². The molecule has 6 fully saturated rings. The average Bonchev–Trinajstić information content (AvgIpc) is 3.58. The van der Waals surface area contributed by atoms with Gasteiger partial charge in [-0.25, -0.2) is 9.78 Å². The van der Waals surface area contributed by atoms with Crippen LogP contribution in [0.3, 0.4) is 0 Å². The van der Waals surface area contributed by atoms with Crippen molar-refractivity contribution in [3.05, 3.63) is 70.3 Å². The Morgan fingerprint density at radius 3 is 2.47 bits per heavy atom. The van der Waals surface area contributed by atoms with E-state index in [1.165, 1.54) is 4.57 Å². The molecule has 1 spiro atoms. The number of aliphatic hydroxyl groups is 2. The van der Waals surface area contributed by atoms with Crippen molar-refractivity contribution in [1.82, 2.24) is 14.5 Å². The van der Waals surface area contributed by atoms with Crippen LogP contribution >= 0.6 is 0 Å². The Morgan fingerprint density at radius 2 is 1.75 bits per heavy atom. The number of aryl methyl sites for hydroxylation is 1. The largest absolute Gasteiger partial charge is 0.461 e. The molecule has 7 bridgehead atoms. The van der Waals surface area contributed by atoms with Crippen LogP contribution in [0.1, 0.15) is 48.8 Å². The lowest BCUT2D eigenvalue weighted by molar-refractivity contribution is -0.320. The first-order valence-electron chi connectivity index (χ1n) is 19.1. The number of likely N-dealkylation sites (tertiary alicyclic amines) is 1. The van der Waals surface area contributed by atoms with Crippen LogP contribution in [0.15, 0.2) is 53.3 Å². The highest BCUT2D eigenvalue weighted by Crippen LogP contribution is 2.80. The summed E-state index contributed by atoms with van der Waals surface area (Å²) >= 11 is 0. The summed E-state index contributed by atoms with van der Waals surface area (Å²) in [6, 6.07) is 13.7. The number of nitrogens with zero attached hydrogens (tertiary/aromatic N) is 3. The maximum atomic E-state index is 14.4. The summed E-state index contributed by atoms with van der Waals surface area (Å²) in [4.78, 5) is 35.2. The van der Waals surface area contributed by atoms with Gasteiger partial charge in [-0.1, -0.05) is 31.2 Å². The molecule has 1 aromatic heterocycles. The number of likely N-dealkylation sites (N-methyl/N-ethyl adjacent to an activating group) is 1. The van der Waals surface area contributed by atoms with E-state index in [1.807, 2.05) is 6.07 Å². The number of benzene rings is 2. The summed E-state index contributed by atoms with van der Waals surface area (Å²) in [5, 5.41) is 27.2. The molecule has 53 heavy (non-hydrogen) atoms. The zero-order valence-electron chi connectivity index (χ0n) is 31.4. The summed E-state index contributed by atoms with van der Waals surface area (Å²) in [5.74, 6) is -0.759. The van der Waals surface area contributed by atoms with Gasteiger partial charge in [0.05, 0.1) is 59.2 Å². The first kappa shape index (κ1) is 35.5. The van der Waals surface area contributed by atoms with Crippen molar-refractivity contribution in [2.75, 3.05) is 48.1 Å². The molecule has 1 saturated heterocycles. The van der Waals surface area contributed by atoms with Crippen molar-refractivity contribution in [1.29, 1.82) is 0 Å². The molecular formula is C41H51N3O9. The minimum absolute atomic E-state index is 0.0500. The molecule has 5 aliphatic carbocycles. The topological polar surface area (TPSA) is 142 Å². The van der Waals surface area contributed by atoms with Gasteiger partial charge < -0.3 is 33.9 Å². The Balaban J connectivity index is 1.15. The fraction of sp³-hybridized carbons (Fsp3) is 0.634. The molecule has 2 heterocycles. The highest BCUT2D eigenvalue weighted by atomic mass is 16.5. The van der Waals surface area contributed by atoms with Gasteiger partial charge in [-0.05, 0) is 62.9 Å². The number of carbonyl (C=O) groups is 1. The minimum atomic E-state index is -1.69. The summed E-state index contributed by atoms with van der Waals surface area (Å²) in [7, 11) is 6.76. The van der Waals surface area contributed by atoms with Gasteiger partial charge in [0.2, 0.25) is 0 Å². The van der Waals surface area contributed by atoms with Gasteiger partial charge in [-0.2, -0.15) is 0 Å². The first-order valence-corrected chi connectivity index (χ1v) is 19.1. The smallest absolute Gasteiger partial charge is 0.340 e. The third-order valence-corrected chi connectivity index (χ3v) is 15.1. The number of ether oxygens (including phenoxy) is 5. The summed E-state index contributed by atoms with van der Waals surface area (Å²) in [5.41, 5.74) is -3.52. The van der Waals surface area contributed by atoms with Crippen LogP contribution < -0.4 is 5.56 Å². The molecule has 9 rings (SSSR count). The molecule has 5 saturated carbocycles. The number of fused-ring (bicyclic) bond motifs is 3. The minimum Gasteiger partial charge on any atom is -0.461 e. The van der Waals surface area contributed by atoms with E-state index in [0.717, 1.165) is 6.42 Å². The van der Waals surface area contributed by atoms with E-state index in [1.54, 1.807) is 77.8 Å². The van der Waals surface area contributed by atoms with Gasteiger partial charge >= 0.3 is 5.97 Å². The third-order valence-electron chi connectivity index (χ3n) is 15.1. The number of para-hydroxylation sites is 2. The third kappa shape index (κ3) is 4.18. The zero-order chi connectivity index (χ0) is 37.2. The summed E-state index contributed by atoms with van der Waals surface area (Å²) in [6.07, 6.45) is 0.815. The second-order valence-electron chi connectivity index (χ2n) is 16.6. The zero-order valence-corrected chi connectivity index (χ0v) is 31.4. The predicted octanol–water partition coefficient (Wildman–Crippen LogP) is 3.14. The first-order chi connectivity index (χ1) is 25.5. The lowest BCUT2D eigenvalue weighted by atomic mass is 9.42. The molecule has 12 heteroatoms. The molecule has 284 valence electrons. The van der Waals surface area contributed by atoms with Crippen LogP contribution in [0.5, 0.6) is 0 Å². The van der Waals surface area contributed by atoms with Crippen LogP contribution in [-0.2, 0) is 23.7 Å². The SMILES string of the molecule is CCN1C[C@]2(COC(=O)c3ccccc3-n3c(C)nc4ccccc4c3=O)CC[C@H](OC)[C@@]34[C@@H]5C[C@H]6[C@H](OC)[C@@H]5[C@](O)(C[C@@H]6OC)[C@](O)([C@@H](OC)[C@H]23)[C@@H]14. The van der Waals surface area contributed by atoms with E-state index >= 15 is 0 Å². The monoisotopic (exact) mass is 729 g/mol. The number of aromatic nitrogens is 2. The van der Waals surface area contributed by atoms with Gasteiger partial charge in [-0.15, -0.1) is 0 Å². The van der Waals surface area contributed by atoms with Crippen LogP contribution in [0.4, 0.5) is 0 Å². The van der Waals surface area contributed by atoms with E-state index < -0.39 is 40.1 Å². The Bertz CT molecular complexity index is 2020. The second kappa shape index (κ2) is 12.1. The van der Waals surface area contributed by atoms with Crippen molar-refractivity contribution < 1.29 is 38.7 Å². The van der Waals surface area contributed by atoms with Crippen molar-refractivity contribution >= 4 is 16.9 Å². The van der Waals surface area contributed by atoms with Crippen LogP contribution in [0, 0.1) is 41.4 Å². The predicted molar refractivity (Wildman–Crippen MR) is 194 cm³/mol. The van der Waals surface area contributed by atoms with Gasteiger partial charge in [0.15, 0.2) is 0 Å². The number of esters is 1. The lowest BCUT2D eigenvalue weighted by Gasteiger charge is -2.70. The normalized spacial score (nSPS) is 42.2. The number of methoxy groups -OCH3 is 4. The highest BCUT2D eigenvalue weighted by molar-refractivity contribution is 5.93. The molecule has 6 aliphatic rings. The molecule has 0 amide bonds. The average molecular weight is 730 g/mol. The van der Waals surface area contributed by atoms with E-state index in [0.29, 0.717) is 48.3 Å². The lowest BCUT2D eigenvalue weighted by Crippen LogP contribution is -2.82. The van der Waals surface area contributed by atoms with E-state index in [9.17, 15) is 19.8 Å². The number of rotatable bonds is 9. The number of hydrogen-bond acceptors (Lipinski definition) is 11. The summed E-state index contributed by atoms with van der Waals surface area (Å²) < 4.78 is 33.2. The Morgan fingerprint density at radius 1 is 1.00 bits per heavy atom. The molecule has 12 nitrogen and oxygen atoms in total. The number of carbonyl (C=O) groups excluding carboxylic acids is 1. The van der Waals surface area contributed by atoms with Gasteiger partial charge in [-0.3, -0.25) is 14.3 Å². The van der Waals surface area contributed by atoms with E-state index in [2.05, 4.69) is 16.8 Å². The maximum Gasteiger partial charge on any atom is 0.340 e.